The van der Waals surface area contributed by atoms with Gasteiger partial charge in [-0.3, -0.25) is 0 Å². The minimum absolute atomic E-state index is 0.692. The molecule has 0 spiro atoms. The van der Waals surface area contributed by atoms with Crippen LogP contribution in [0.1, 0.15) is 18.9 Å². The first-order valence-corrected chi connectivity index (χ1v) is 5.95. The Labute approximate surface area is 102 Å². The minimum Gasteiger partial charge on any atom is -0.382 e. The van der Waals surface area contributed by atoms with E-state index in [1.165, 1.54) is 5.56 Å². The Morgan fingerprint density at radius 2 is 2.38 bits per heavy atom. The van der Waals surface area contributed by atoms with Crippen molar-refractivity contribution in [3.05, 3.63) is 24.0 Å². The lowest BCUT2D eigenvalue weighted by Crippen LogP contribution is -2.35. The van der Waals surface area contributed by atoms with E-state index in [1.807, 2.05) is 25.4 Å². The number of rotatable bonds is 7. The maximum absolute atomic E-state index is 5.23. The van der Waals surface area contributed by atoms with Gasteiger partial charge in [0.2, 0.25) is 0 Å². The summed E-state index contributed by atoms with van der Waals surface area (Å²) in [5.74, 6) is 0. The van der Waals surface area contributed by atoms with Crippen LogP contribution in [0.25, 0.3) is 0 Å². The molecule has 0 aliphatic carbocycles. The van der Waals surface area contributed by atoms with Crippen LogP contribution in [0.5, 0.6) is 0 Å². The molecule has 0 aromatic carbocycles. The van der Waals surface area contributed by atoms with Crippen molar-refractivity contribution >= 4 is 17.3 Å². The molecule has 0 bridgehead atoms. The maximum atomic E-state index is 5.23. The van der Waals surface area contributed by atoms with Gasteiger partial charge >= 0.3 is 0 Å². The first-order chi connectivity index (χ1) is 7.83. The summed E-state index contributed by atoms with van der Waals surface area (Å²) in [6.07, 6.45) is 4.82. The van der Waals surface area contributed by atoms with Gasteiger partial charge in [-0.2, -0.15) is 0 Å². The van der Waals surface area contributed by atoms with Gasteiger partial charge in [-0.15, -0.1) is 0 Å². The van der Waals surface area contributed by atoms with Crippen molar-refractivity contribution in [3.63, 3.8) is 0 Å². The lowest BCUT2D eigenvalue weighted by atomic mass is 10.3. The topological polar surface area (TPSA) is 49.1 Å². The summed E-state index contributed by atoms with van der Waals surface area (Å²) in [4.78, 5) is 3.00. The van der Waals surface area contributed by atoms with Crippen molar-refractivity contribution in [2.75, 3.05) is 19.8 Å². The van der Waals surface area contributed by atoms with Crippen LogP contribution in [0.2, 0.25) is 0 Å². The molecule has 16 heavy (non-hydrogen) atoms. The van der Waals surface area contributed by atoms with Crippen LogP contribution in [-0.2, 0) is 11.3 Å². The van der Waals surface area contributed by atoms with Crippen molar-refractivity contribution in [1.82, 2.24) is 15.6 Å². The smallest absolute Gasteiger partial charge is 0.166 e. The molecule has 90 valence electrons. The number of H-pyrrole nitrogens is 1. The van der Waals surface area contributed by atoms with Gasteiger partial charge in [-0.1, -0.05) is 0 Å². The maximum Gasteiger partial charge on any atom is 0.166 e. The molecule has 1 heterocycles. The predicted molar refractivity (Wildman–Crippen MR) is 69.3 cm³/mol. The molecule has 0 aliphatic heterocycles. The zero-order valence-electron chi connectivity index (χ0n) is 9.58. The Bertz CT molecular complexity index is 287. The molecular formula is C11H19N3OS. The Balaban J connectivity index is 1.99. The molecule has 1 aromatic heterocycles. The highest BCUT2D eigenvalue weighted by molar-refractivity contribution is 7.80. The number of thiocarbonyl (C=S) groups is 1. The SMILES string of the molecule is CCOCCCNC(=S)NCc1cc[nH]c1. The molecule has 0 atom stereocenters. The third-order valence-corrected chi connectivity index (χ3v) is 2.36. The van der Waals surface area contributed by atoms with Gasteiger partial charge < -0.3 is 20.4 Å². The number of nitrogens with one attached hydrogen (secondary N) is 3. The van der Waals surface area contributed by atoms with Gasteiger partial charge in [-0.05, 0) is 37.2 Å². The van der Waals surface area contributed by atoms with Gasteiger partial charge in [0.05, 0.1) is 0 Å². The van der Waals surface area contributed by atoms with E-state index < -0.39 is 0 Å². The molecule has 0 fully saturated rings. The minimum atomic E-state index is 0.692. The Morgan fingerprint density at radius 1 is 1.50 bits per heavy atom. The molecule has 0 amide bonds. The number of aromatic nitrogens is 1. The lowest BCUT2D eigenvalue weighted by molar-refractivity contribution is 0.145. The second-order valence-corrected chi connectivity index (χ2v) is 3.79. The van der Waals surface area contributed by atoms with E-state index in [0.29, 0.717) is 5.11 Å². The van der Waals surface area contributed by atoms with Crippen LogP contribution in [0.3, 0.4) is 0 Å². The predicted octanol–water partition coefficient (Wildman–Crippen LogP) is 1.41. The molecule has 0 saturated heterocycles. The molecule has 0 aliphatic rings. The molecule has 1 rings (SSSR count). The Hall–Kier alpha value is -1.07. The van der Waals surface area contributed by atoms with Crippen molar-refractivity contribution in [3.8, 4) is 0 Å². The molecule has 0 saturated carbocycles. The van der Waals surface area contributed by atoms with E-state index in [2.05, 4.69) is 15.6 Å². The first kappa shape index (κ1) is 13.0. The van der Waals surface area contributed by atoms with E-state index in [9.17, 15) is 0 Å². The van der Waals surface area contributed by atoms with Crippen LogP contribution in [0, 0.1) is 0 Å². The largest absolute Gasteiger partial charge is 0.382 e. The second-order valence-electron chi connectivity index (χ2n) is 3.38. The van der Waals surface area contributed by atoms with E-state index in [-0.39, 0.29) is 0 Å². The van der Waals surface area contributed by atoms with Crippen molar-refractivity contribution < 1.29 is 4.74 Å². The highest BCUT2D eigenvalue weighted by Crippen LogP contribution is 1.94. The van der Waals surface area contributed by atoms with Gasteiger partial charge in [-0.25, -0.2) is 0 Å². The standard InChI is InChI=1S/C11H19N3OS/c1-2-15-7-3-5-13-11(16)14-9-10-4-6-12-8-10/h4,6,8,12H,2-3,5,7,9H2,1H3,(H2,13,14,16). The fourth-order valence-electron chi connectivity index (χ4n) is 1.23. The van der Waals surface area contributed by atoms with Crippen molar-refractivity contribution in [1.29, 1.82) is 0 Å². The second kappa shape index (κ2) is 8.13. The van der Waals surface area contributed by atoms with Gasteiger partial charge in [0.1, 0.15) is 0 Å². The zero-order valence-corrected chi connectivity index (χ0v) is 10.4. The summed E-state index contributed by atoms with van der Waals surface area (Å²) in [7, 11) is 0. The average molecular weight is 241 g/mol. The van der Waals surface area contributed by atoms with Crippen LogP contribution < -0.4 is 10.6 Å². The molecule has 5 heteroatoms. The number of hydrogen-bond acceptors (Lipinski definition) is 2. The van der Waals surface area contributed by atoms with Gasteiger partial charge in [0, 0.05) is 38.7 Å². The first-order valence-electron chi connectivity index (χ1n) is 5.54. The number of hydrogen-bond donors (Lipinski definition) is 3. The van der Waals surface area contributed by atoms with E-state index in [0.717, 1.165) is 32.7 Å². The van der Waals surface area contributed by atoms with Crippen LogP contribution in [0.4, 0.5) is 0 Å². The third-order valence-electron chi connectivity index (χ3n) is 2.07. The highest BCUT2D eigenvalue weighted by atomic mass is 32.1. The van der Waals surface area contributed by atoms with Crippen LogP contribution in [0.15, 0.2) is 18.5 Å². The summed E-state index contributed by atoms with van der Waals surface area (Å²) in [6.45, 7) is 5.15. The van der Waals surface area contributed by atoms with E-state index >= 15 is 0 Å². The molecule has 1 aromatic rings. The third kappa shape index (κ3) is 5.72. The molecule has 0 radical (unpaired) electrons. The normalized spacial score (nSPS) is 10.1. The van der Waals surface area contributed by atoms with Gasteiger partial charge in [0.25, 0.3) is 0 Å². The quantitative estimate of drug-likeness (QED) is 0.499. The monoisotopic (exact) mass is 241 g/mol. The Kier molecular flexibility index (Phi) is 6.60. The summed E-state index contributed by atoms with van der Waals surface area (Å²) in [5.41, 5.74) is 1.19. The number of aromatic amines is 1. The number of ether oxygens (including phenoxy) is 1. The summed E-state index contributed by atoms with van der Waals surface area (Å²) >= 11 is 5.13. The summed E-state index contributed by atoms with van der Waals surface area (Å²) in [6, 6.07) is 2.02. The highest BCUT2D eigenvalue weighted by Gasteiger charge is 1.96. The molecule has 0 unspecified atom stereocenters. The van der Waals surface area contributed by atoms with Crippen molar-refractivity contribution in [2.45, 2.75) is 19.9 Å². The van der Waals surface area contributed by atoms with Crippen LogP contribution in [-0.4, -0.2) is 29.9 Å². The fraction of sp³-hybridized carbons (Fsp3) is 0.545. The molecular weight excluding hydrogens is 222 g/mol. The van der Waals surface area contributed by atoms with E-state index in [1.54, 1.807) is 0 Å². The molecule has 4 nitrogen and oxygen atoms in total. The van der Waals surface area contributed by atoms with Gasteiger partial charge in [0.15, 0.2) is 5.11 Å². The summed E-state index contributed by atoms with van der Waals surface area (Å²) < 4.78 is 5.23. The van der Waals surface area contributed by atoms with Crippen molar-refractivity contribution in [2.24, 2.45) is 0 Å². The Morgan fingerprint density at radius 3 is 3.06 bits per heavy atom. The average Bonchev–Trinajstić information content (AvgIpc) is 2.79. The van der Waals surface area contributed by atoms with E-state index in [4.69, 9.17) is 17.0 Å². The lowest BCUT2D eigenvalue weighted by Gasteiger charge is -2.09. The van der Waals surface area contributed by atoms with Crippen LogP contribution >= 0.6 is 12.2 Å². The molecule has 3 N–H and O–H groups in total. The zero-order chi connectivity index (χ0) is 11.6. The fourth-order valence-corrected chi connectivity index (χ4v) is 1.41. The summed E-state index contributed by atoms with van der Waals surface area (Å²) in [5, 5.41) is 6.96.